The summed E-state index contributed by atoms with van der Waals surface area (Å²) in [5.41, 5.74) is 0.396. The monoisotopic (exact) mass is 311 g/mol. The quantitative estimate of drug-likeness (QED) is 0.811. The van der Waals surface area contributed by atoms with Crippen LogP contribution < -0.4 is 0 Å². The molecule has 1 aromatic carbocycles. The molecule has 0 fully saturated rings. The highest BCUT2D eigenvalue weighted by molar-refractivity contribution is 9.10. The minimum absolute atomic E-state index is 0.0416. The Morgan fingerprint density at radius 2 is 2.06 bits per heavy atom. The van der Waals surface area contributed by atoms with Crippen LogP contribution in [-0.2, 0) is 6.42 Å². The molecule has 0 aliphatic heterocycles. The number of nitrogens with zero attached hydrogens (tertiary/aromatic N) is 1. The van der Waals surface area contributed by atoms with Crippen molar-refractivity contribution in [2.45, 2.75) is 6.42 Å². The van der Waals surface area contributed by atoms with Gasteiger partial charge in [0.1, 0.15) is 0 Å². The van der Waals surface area contributed by atoms with Crippen LogP contribution in [0.3, 0.4) is 0 Å². The number of Topliss-reactive ketones (excluding diaryl/α,β-unsaturated/α-hetero) is 1. The number of carbonyl (C=O) groups is 1. The molecule has 0 saturated carbocycles. The highest BCUT2D eigenvalue weighted by Crippen LogP contribution is 2.16. The first-order valence-electron chi connectivity index (χ1n) is 5.14. The zero-order valence-corrected chi connectivity index (χ0v) is 10.7. The van der Waals surface area contributed by atoms with Crippen LogP contribution in [0.15, 0.2) is 41.1 Å². The molecule has 0 spiro atoms. The third-order valence-corrected chi connectivity index (χ3v) is 2.84. The summed E-state index contributed by atoms with van der Waals surface area (Å²) in [6.07, 6.45) is 2.74. The summed E-state index contributed by atoms with van der Waals surface area (Å²) in [5.74, 6) is -2.24. The predicted octanol–water partition coefficient (Wildman–Crippen LogP) is 3.55. The first kappa shape index (κ1) is 12.8. The van der Waals surface area contributed by atoms with Crippen LogP contribution in [0.4, 0.5) is 8.78 Å². The molecule has 0 aliphatic rings. The van der Waals surface area contributed by atoms with Gasteiger partial charge in [-0.05, 0) is 33.6 Å². The van der Waals surface area contributed by atoms with Crippen molar-refractivity contribution in [3.63, 3.8) is 0 Å². The van der Waals surface area contributed by atoms with Crippen molar-refractivity contribution in [3.8, 4) is 0 Å². The summed E-state index contributed by atoms with van der Waals surface area (Å²) in [5, 5.41) is 0. The van der Waals surface area contributed by atoms with Gasteiger partial charge in [-0.15, -0.1) is 0 Å². The van der Waals surface area contributed by atoms with Gasteiger partial charge in [-0.25, -0.2) is 8.78 Å². The highest BCUT2D eigenvalue weighted by atomic mass is 79.9. The molecule has 0 amide bonds. The minimum Gasteiger partial charge on any atom is -0.294 e. The Hall–Kier alpha value is -1.62. The predicted molar refractivity (Wildman–Crippen MR) is 66.3 cm³/mol. The Balaban J connectivity index is 2.24. The van der Waals surface area contributed by atoms with Crippen LogP contribution >= 0.6 is 15.9 Å². The van der Waals surface area contributed by atoms with Gasteiger partial charge in [0.05, 0.1) is 0 Å². The van der Waals surface area contributed by atoms with E-state index in [1.54, 1.807) is 12.3 Å². The summed E-state index contributed by atoms with van der Waals surface area (Å²) in [6.45, 7) is 0. The molecular weight excluding hydrogens is 304 g/mol. The Morgan fingerprint density at radius 1 is 1.28 bits per heavy atom. The molecular formula is C13H8BrF2NO. The van der Waals surface area contributed by atoms with E-state index in [9.17, 15) is 13.6 Å². The van der Waals surface area contributed by atoms with Gasteiger partial charge in [0.2, 0.25) is 0 Å². The van der Waals surface area contributed by atoms with Gasteiger partial charge in [-0.3, -0.25) is 9.78 Å². The van der Waals surface area contributed by atoms with Gasteiger partial charge in [0, 0.05) is 28.9 Å². The third kappa shape index (κ3) is 2.79. The molecule has 2 aromatic rings. The number of hydrogen-bond donors (Lipinski definition) is 0. The molecule has 1 heterocycles. The second-order valence-electron chi connectivity index (χ2n) is 3.70. The number of hydrogen-bond acceptors (Lipinski definition) is 2. The molecule has 0 saturated heterocycles. The number of rotatable bonds is 3. The van der Waals surface area contributed by atoms with E-state index >= 15 is 0 Å². The smallest absolute Gasteiger partial charge is 0.168 e. The Bertz CT molecular complexity index is 601. The second kappa shape index (κ2) is 5.35. The summed E-state index contributed by atoms with van der Waals surface area (Å²) >= 11 is 3.19. The molecule has 2 rings (SSSR count). The van der Waals surface area contributed by atoms with Crippen molar-refractivity contribution in [2.24, 2.45) is 0 Å². The van der Waals surface area contributed by atoms with Crippen LogP contribution in [0.25, 0.3) is 0 Å². The van der Waals surface area contributed by atoms with E-state index in [1.165, 1.54) is 18.3 Å². The highest BCUT2D eigenvalue weighted by Gasteiger charge is 2.13. The van der Waals surface area contributed by atoms with E-state index < -0.39 is 11.6 Å². The van der Waals surface area contributed by atoms with Crippen molar-refractivity contribution in [2.75, 3.05) is 0 Å². The number of pyridine rings is 1. The molecule has 0 N–H and O–H groups in total. The minimum atomic E-state index is -0.978. The van der Waals surface area contributed by atoms with Gasteiger partial charge < -0.3 is 0 Å². The summed E-state index contributed by atoms with van der Waals surface area (Å²) < 4.78 is 27.1. The van der Waals surface area contributed by atoms with Gasteiger partial charge in [0.25, 0.3) is 0 Å². The molecule has 0 atom stereocenters. The second-order valence-corrected chi connectivity index (χ2v) is 4.62. The van der Waals surface area contributed by atoms with Crippen molar-refractivity contribution in [3.05, 3.63) is 63.9 Å². The van der Waals surface area contributed by atoms with Crippen LogP contribution in [0.5, 0.6) is 0 Å². The first-order valence-corrected chi connectivity index (χ1v) is 5.94. The average Bonchev–Trinajstić information content (AvgIpc) is 2.35. The van der Waals surface area contributed by atoms with Gasteiger partial charge >= 0.3 is 0 Å². The lowest BCUT2D eigenvalue weighted by atomic mass is 10.0. The first-order chi connectivity index (χ1) is 8.58. The lowest BCUT2D eigenvalue weighted by Gasteiger charge is -2.03. The number of carbonyl (C=O) groups excluding carboxylic acids is 1. The fraction of sp³-hybridized carbons (Fsp3) is 0.0769. The number of halogens is 3. The SMILES string of the molecule is O=C(Cc1cccc(F)c1F)c1cncc(Br)c1. The summed E-state index contributed by atoms with van der Waals surface area (Å²) in [4.78, 5) is 15.7. The van der Waals surface area contributed by atoms with E-state index in [0.717, 1.165) is 6.07 Å². The molecule has 1 aromatic heterocycles. The summed E-state index contributed by atoms with van der Waals surface area (Å²) in [6, 6.07) is 5.37. The van der Waals surface area contributed by atoms with Crippen molar-refractivity contribution < 1.29 is 13.6 Å². The van der Waals surface area contributed by atoms with E-state index in [4.69, 9.17) is 0 Å². The molecule has 0 bridgehead atoms. The van der Waals surface area contributed by atoms with E-state index in [0.29, 0.717) is 10.0 Å². The maximum absolute atomic E-state index is 13.4. The van der Waals surface area contributed by atoms with E-state index in [-0.39, 0.29) is 17.8 Å². The van der Waals surface area contributed by atoms with Crippen LogP contribution in [0.1, 0.15) is 15.9 Å². The molecule has 92 valence electrons. The maximum atomic E-state index is 13.4. The molecule has 2 nitrogen and oxygen atoms in total. The number of benzene rings is 1. The maximum Gasteiger partial charge on any atom is 0.168 e. The largest absolute Gasteiger partial charge is 0.294 e. The van der Waals surface area contributed by atoms with Crippen molar-refractivity contribution in [1.29, 1.82) is 0 Å². The van der Waals surface area contributed by atoms with Crippen LogP contribution in [-0.4, -0.2) is 10.8 Å². The van der Waals surface area contributed by atoms with Crippen LogP contribution in [0.2, 0.25) is 0 Å². The Labute approximate surface area is 111 Å². The Morgan fingerprint density at radius 3 is 2.78 bits per heavy atom. The fourth-order valence-electron chi connectivity index (χ4n) is 1.52. The topological polar surface area (TPSA) is 30.0 Å². The Kier molecular flexibility index (Phi) is 3.81. The zero-order valence-electron chi connectivity index (χ0n) is 9.16. The molecule has 0 aliphatic carbocycles. The van der Waals surface area contributed by atoms with Crippen molar-refractivity contribution >= 4 is 21.7 Å². The molecule has 0 unspecified atom stereocenters. The fourth-order valence-corrected chi connectivity index (χ4v) is 1.89. The number of aromatic nitrogens is 1. The van der Waals surface area contributed by atoms with E-state index in [1.807, 2.05) is 0 Å². The number of ketones is 1. The van der Waals surface area contributed by atoms with Gasteiger partial charge in [-0.2, -0.15) is 0 Å². The average molecular weight is 312 g/mol. The van der Waals surface area contributed by atoms with Crippen molar-refractivity contribution in [1.82, 2.24) is 4.98 Å². The molecule has 18 heavy (non-hydrogen) atoms. The summed E-state index contributed by atoms with van der Waals surface area (Å²) in [7, 11) is 0. The van der Waals surface area contributed by atoms with Gasteiger partial charge in [-0.1, -0.05) is 12.1 Å². The lowest BCUT2D eigenvalue weighted by molar-refractivity contribution is 0.0991. The molecule has 5 heteroatoms. The van der Waals surface area contributed by atoms with Gasteiger partial charge in [0.15, 0.2) is 17.4 Å². The molecule has 0 radical (unpaired) electrons. The third-order valence-electron chi connectivity index (χ3n) is 2.41. The van der Waals surface area contributed by atoms with Crippen LogP contribution in [0, 0.1) is 11.6 Å². The standard InChI is InChI=1S/C13H8BrF2NO/c14-10-4-9(6-17-7-10)12(18)5-8-2-1-3-11(15)13(8)16/h1-4,6-7H,5H2. The zero-order chi connectivity index (χ0) is 13.1. The van der Waals surface area contributed by atoms with E-state index in [2.05, 4.69) is 20.9 Å². The lowest BCUT2D eigenvalue weighted by Crippen LogP contribution is -2.06. The normalized spacial score (nSPS) is 10.4.